The number of hydrogen-bond acceptors (Lipinski definition) is 1. The summed E-state index contributed by atoms with van der Waals surface area (Å²) in [7, 11) is 0. The van der Waals surface area contributed by atoms with Gasteiger partial charge in [0, 0.05) is 23.9 Å². The maximum absolute atomic E-state index is 13.6. The molecule has 19 heavy (non-hydrogen) atoms. The summed E-state index contributed by atoms with van der Waals surface area (Å²) < 4.78 is 39.5. The molecular formula is C14H11ClF3N. The van der Waals surface area contributed by atoms with Crippen LogP contribution in [0.2, 0.25) is 0 Å². The minimum absolute atomic E-state index is 0.0667. The maximum atomic E-state index is 13.6. The summed E-state index contributed by atoms with van der Waals surface area (Å²) in [6.07, 6.45) is 1.91. The molecule has 1 unspecified atom stereocenters. The number of hydrogen-bond donors (Lipinski definition) is 0. The van der Waals surface area contributed by atoms with Crippen molar-refractivity contribution in [2.75, 3.05) is 0 Å². The molecule has 0 aliphatic carbocycles. The van der Waals surface area contributed by atoms with Crippen molar-refractivity contribution in [3.8, 4) is 0 Å². The van der Waals surface area contributed by atoms with Crippen LogP contribution in [0, 0.1) is 24.4 Å². The van der Waals surface area contributed by atoms with E-state index in [1.807, 2.05) is 13.0 Å². The van der Waals surface area contributed by atoms with E-state index in [0.29, 0.717) is 5.69 Å². The number of alkyl halides is 1. The highest BCUT2D eigenvalue weighted by Crippen LogP contribution is 2.28. The first kappa shape index (κ1) is 13.9. The SMILES string of the molecule is Cc1ccc(CC(Cl)c2ccc(F)c(F)c2F)nc1. The summed E-state index contributed by atoms with van der Waals surface area (Å²) in [6, 6.07) is 5.64. The summed E-state index contributed by atoms with van der Waals surface area (Å²) >= 11 is 6.04. The topological polar surface area (TPSA) is 12.9 Å². The molecule has 1 aromatic heterocycles. The highest BCUT2D eigenvalue weighted by molar-refractivity contribution is 6.20. The van der Waals surface area contributed by atoms with Crippen molar-refractivity contribution in [3.63, 3.8) is 0 Å². The first-order chi connectivity index (χ1) is 8.99. The van der Waals surface area contributed by atoms with E-state index in [9.17, 15) is 13.2 Å². The van der Waals surface area contributed by atoms with Crippen LogP contribution in [0.25, 0.3) is 0 Å². The molecule has 0 spiro atoms. The van der Waals surface area contributed by atoms with E-state index in [0.717, 1.165) is 17.7 Å². The summed E-state index contributed by atoms with van der Waals surface area (Å²) in [5, 5.41) is -0.801. The zero-order chi connectivity index (χ0) is 14.0. The van der Waals surface area contributed by atoms with Crippen LogP contribution in [-0.4, -0.2) is 4.98 Å². The standard InChI is InChI=1S/C14H11ClF3N/c1-8-2-3-9(19-7-8)6-11(15)10-4-5-12(16)14(18)13(10)17/h2-5,7,11H,6H2,1H3. The minimum Gasteiger partial charge on any atom is -0.261 e. The van der Waals surface area contributed by atoms with Crippen molar-refractivity contribution in [2.24, 2.45) is 0 Å². The number of rotatable bonds is 3. The van der Waals surface area contributed by atoms with Gasteiger partial charge in [0.15, 0.2) is 17.5 Å². The summed E-state index contributed by atoms with van der Waals surface area (Å²) in [4.78, 5) is 4.14. The fraction of sp³-hybridized carbons (Fsp3) is 0.214. The molecule has 2 rings (SSSR count). The molecule has 0 amide bonds. The van der Waals surface area contributed by atoms with Gasteiger partial charge in [-0.15, -0.1) is 11.6 Å². The van der Waals surface area contributed by atoms with Crippen molar-refractivity contribution in [3.05, 3.63) is 64.7 Å². The molecule has 0 fully saturated rings. The van der Waals surface area contributed by atoms with Gasteiger partial charge in [-0.05, 0) is 24.6 Å². The number of pyridine rings is 1. The Hall–Kier alpha value is -1.55. The Morgan fingerprint density at radius 1 is 1.11 bits per heavy atom. The van der Waals surface area contributed by atoms with Crippen LogP contribution in [0.1, 0.15) is 22.2 Å². The van der Waals surface area contributed by atoms with Crippen molar-refractivity contribution in [1.82, 2.24) is 4.98 Å². The van der Waals surface area contributed by atoms with Crippen LogP contribution in [0.4, 0.5) is 13.2 Å². The first-order valence-corrected chi connectivity index (χ1v) is 6.11. The lowest BCUT2D eigenvalue weighted by molar-refractivity contribution is 0.440. The molecule has 0 N–H and O–H groups in total. The van der Waals surface area contributed by atoms with Crippen molar-refractivity contribution in [2.45, 2.75) is 18.7 Å². The molecule has 2 aromatic rings. The van der Waals surface area contributed by atoms with E-state index >= 15 is 0 Å². The molecule has 1 nitrogen and oxygen atoms in total. The van der Waals surface area contributed by atoms with Gasteiger partial charge < -0.3 is 0 Å². The third-order valence-corrected chi connectivity index (χ3v) is 3.15. The van der Waals surface area contributed by atoms with E-state index in [1.165, 1.54) is 0 Å². The average Bonchev–Trinajstić information content (AvgIpc) is 2.39. The van der Waals surface area contributed by atoms with Gasteiger partial charge in [0.2, 0.25) is 0 Å². The molecule has 0 aliphatic heterocycles. The van der Waals surface area contributed by atoms with Crippen molar-refractivity contribution < 1.29 is 13.2 Å². The number of aromatic nitrogens is 1. The second-order valence-electron chi connectivity index (χ2n) is 4.26. The minimum atomic E-state index is -1.50. The molecule has 1 atom stereocenters. The monoisotopic (exact) mass is 285 g/mol. The van der Waals surface area contributed by atoms with Crippen molar-refractivity contribution >= 4 is 11.6 Å². The van der Waals surface area contributed by atoms with Gasteiger partial charge in [-0.1, -0.05) is 12.1 Å². The Morgan fingerprint density at radius 3 is 2.47 bits per heavy atom. The van der Waals surface area contributed by atoms with Gasteiger partial charge in [-0.25, -0.2) is 13.2 Å². The van der Waals surface area contributed by atoms with E-state index in [2.05, 4.69) is 4.98 Å². The van der Waals surface area contributed by atoms with Gasteiger partial charge in [0.25, 0.3) is 0 Å². The number of nitrogens with zero attached hydrogens (tertiary/aromatic N) is 1. The van der Waals surface area contributed by atoms with Gasteiger partial charge in [0.1, 0.15) is 0 Å². The molecule has 1 aromatic carbocycles. The van der Waals surface area contributed by atoms with E-state index in [-0.39, 0.29) is 12.0 Å². The fourth-order valence-electron chi connectivity index (χ4n) is 1.70. The fourth-order valence-corrected chi connectivity index (χ4v) is 2.02. The van der Waals surface area contributed by atoms with Crippen molar-refractivity contribution in [1.29, 1.82) is 0 Å². The van der Waals surface area contributed by atoms with Crippen LogP contribution in [0.5, 0.6) is 0 Å². The molecule has 0 saturated carbocycles. The highest BCUT2D eigenvalue weighted by Gasteiger charge is 2.19. The van der Waals surface area contributed by atoms with Crippen LogP contribution >= 0.6 is 11.6 Å². The zero-order valence-corrected chi connectivity index (χ0v) is 10.9. The van der Waals surface area contributed by atoms with Crippen LogP contribution in [0.3, 0.4) is 0 Å². The summed E-state index contributed by atoms with van der Waals surface area (Å²) in [6.45, 7) is 1.89. The maximum Gasteiger partial charge on any atom is 0.194 e. The number of aryl methyl sites for hydroxylation is 1. The van der Waals surface area contributed by atoms with E-state index in [1.54, 1.807) is 12.3 Å². The van der Waals surface area contributed by atoms with Gasteiger partial charge in [-0.2, -0.15) is 0 Å². The normalized spacial score (nSPS) is 12.5. The van der Waals surface area contributed by atoms with Crippen LogP contribution in [-0.2, 0) is 6.42 Å². The lowest BCUT2D eigenvalue weighted by Crippen LogP contribution is -2.04. The van der Waals surface area contributed by atoms with E-state index < -0.39 is 22.8 Å². The zero-order valence-electron chi connectivity index (χ0n) is 10.1. The van der Waals surface area contributed by atoms with Crippen LogP contribution in [0.15, 0.2) is 30.5 Å². The predicted octanol–water partition coefficient (Wildman–Crippen LogP) is 4.33. The quantitative estimate of drug-likeness (QED) is 0.604. The largest absolute Gasteiger partial charge is 0.261 e. The molecule has 0 radical (unpaired) electrons. The summed E-state index contributed by atoms with van der Waals surface area (Å²) in [5.74, 6) is -3.97. The Kier molecular flexibility index (Phi) is 4.10. The van der Waals surface area contributed by atoms with Gasteiger partial charge >= 0.3 is 0 Å². The molecule has 100 valence electrons. The molecule has 5 heteroatoms. The molecule has 1 heterocycles. The molecule has 0 bridgehead atoms. The lowest BCUT2D eigenvalue weighted by atomic mass is 10.1. The Labute approximate surface area is 114 Å². The second-order valence-corrected chi connectivity index (χ2v) is 4.79. The summed E-state index contributed by atoms with van der Waals surface area (Å²) in [5.41, 5.74) is 1.59. The lowest BCUT2D eigenvalue weighted by Gasteiger charge is -2.11. The highest BCUT2D eigenvalue weighted by atomic mass is 35.5. The van der Waals surface area contributed by atoms with Gasteiger partial charge in [0.05, 0.1) is 5.38 Å². The first-order valence-electron chi connectivity index (χ1n) is 5.68. The van der Waals surface area contributed by atoms with Gasteiger partial charge in [-0.3, -0.25) is 4.98 Å². The second kappa shape index (κ2) is 5.61. The smallest absolute Gasteiger partial charge is 0.194 e. The number of halogens is 4. The van der Waals surface area contributed by atoms with Crippen LogP contribution < -0.4 is 0 Å². The van der Waals surface area contributed by atoms with E-state index in [4.69, 9.17) is 11.6 Å². The molecule has 0 aliphatic rings. The Balaban J connectivity index is 2.23. The average molecular weight is 286 g/mol. The third-order valence-electron chi connectivity index (χ3n) is 2.76. The Bertz CT molecular complexity index is 584. The Morgan fingerprint density at radius 2 is 1.84 bits per heavy atom. The number of benzene rings is 1. The third kappa shape index (κ3) is 3.07. The molecule has 0 saturated heterocycles. The predicted molar refractivity (Wildman–Crippen MR) is 67.6 cm³/mol. The molecular weight excluding hydrogens is 275 g/mol.